The minimum atomic E-state index is -0.279. The zero-order valence-electron chi connectivity index (χ0n) is 8.74. The normalized spacial score (nSPS) is 10.8. The summed E-state index contributed by atoms with van der Waals surface area (Å²) in [6, 6.07) is 7.52. The molecule has 0 N–H and O–H groups in total. The molecule has 2 aromatic rings. The summed E-state index contributed by atoms with van der Waals surface area (Å²) in [6.45, 7) is 4.02. The molecule has 0 aliphatic rings. The fourth-order valence-electron chi connectivity index (χ4n) is 1.56. The van der Waals surface area contributed by atoms with Crippen LogP contribution in [-0.4, -0.2) is 5.75 Å². The molecule has 2 nitrogen and oxygen atoms in total. The Morgan fingerprint density at radius 2 is 2.13 bits per heavy atom. The lowest BCUT2D eigenvalue weighted by atomic mass is 10.1. The van der Waals surface area contributed by atoms with Crippen LogP contribution in [0.2, 0.25) is 0 Å². The number of hydrogen-bond donors (Lipinski definition) is 0. The first-order chi connectivity index (χ1) is 7.20. The molecule has 1 heterocycles. The van der Waals surface area contributed by atoms with E-state index in [9.17, 15) is 4.79 Å². The van der Waals surface area contributed by atoms with Gasteiger partial charge in [0.05, 0.1) is 0 Å². The third-order valence-corrected chi connectivity index (χ3v) is 3.11. The standard InChI is InChI=1S/C12H12O2S/c1-3-15-9-4-5-10-8(2)6-12(13)14-11(10)7-9/h4-7H,3H2,1-2H3. The molecule has 78 valence electrons. The number of aryl methyl sites for hydroxylation is 1. The molecular weight excluding hydrogens is 208 g/mol. The maximum atomic E-state index is 11.2. The van der Waals surface area contributed by atoms with Crippen molar-refractivity contribution in [2.75, 3.05) is 5.75 Å². The molecule has 0 saturated carbocycles. The summed E-state index contributed by atoms with van der Waals surface area (Å²) in [7, 11) is 0. The van der Waals surface area contributed by atoms with Gasteiger partial charge in [0.15, 0.2) is 0 Å². The second-order valence-corrected chi connectivity index (χ2v) is 4.68. The Bertz CT molecular complexity index is 543. The highest BCUT2D eigenvalue weighted by atomic mass is 32.2. The van der Waals surface area contributed by atoms with Gasteiger partial charge in [0.2, 0.25) is 0 Å². The summed E-state index contributed by atoms with van der Waals surface area (Å²) in [5.74, 6) is 1.02. The van der Waals surface area contributed by atoms with Crippen LogP contribution in [0.15, 0.2) is 38.4 Å². The largest absolute Gasteiger partial charge is 0.423 e. The summed E-state index contributed by atoms with van der Waals surface area (Å²) in [4.78, 5) is 12.3. The van der Waals surface area contributed by atoms with Crippen molar-refractivity contribution in [3.05, 3.63) is 40.2 Å². The Morgan fingerprint density at radius 3 is 2.87 bits per heavy atom. The molecule has 0 fully saturated rings. The minimum absolute atomic E-state index is 0.279. The van der Waals surface area contributed by atoms with E-state index in [1.807, 2.05) is 19.1 Å². The van der Waals surface area contributed by atoms with Gasteiger partial charge in [-0.3, -0.25) is 0 Å². The van der Waals surface area contributed by atoms with Crippen molar-refractivity contribution < 1.29 is 4.42 Å². The minimum Gasteiger partial charge on any atom is -0.423 e. The van der Waals surface area contributed by atoms with Crippen LogP contribution in [0.3, 0.4) is 0 Å². The highest BCUT2D eigenvalue weighted by Crippen LogP contribution is 2.24. The monoisotopic (exact) mass is 220 g/mol. The zero-order valence-corrected chi connectivity index (χ0v) is 9.56. The molecule has 1 aromatic carbocycles. The third kappa shape index (κ3) is 2.07. The number of fused-ring (bicyclic) bond motifs is 1. The smallest absolute Gasteiger partial charge is 0.336 e. The average Bonchev–Trinajstić information content (AvgIpc) is 2.17. The van der Waals surface area contributed by atoms with E-state index >= 15 is 0 Å². The summed E-state index contributed by atoms with van der Waals surface area (Å²) in [5.41, 5.74) is 1.37. The van der Waals surface area contributed by atoms with Gasteiger partial charge in [-0.2, -0.15) is 0 Å². The predicted octanol–water partition coefficient (Wildman–Crippen LogP) is 3.21. The van der Waals surface area contributed by atoms with Crippen LogP contribution < -0.4 is 5.63 Å². The van der Waals surface area contributed by atoms with Gasteiger partial charge in [-0.05, 0) is 36.4 Å². The van der Waals surface area contributed by atoms with Crippen LogP contribution in [0.4, 0.5) is 0 Å². The molecule has 0 spiro atoms. The van der Waals surface area contributed by atoms with E-state index in [-0.39, 0.29) is 5.63 Å². The molecule has 0 aliphatic carbocycles. The molecule has 3 heteroatoms. The first kappa shape index (κ1) is 10.3. The first-order valence-electron chi connectivity index (χ1n) is 4.88. The van der Waals surface area contributed by atoms with Crippen molar-refractivity contribution in [2.24, 2.45) is 0 Å². The van der Waals surface area contributed by atoms with Crippen molar-refractivity contribution in [3.63, 3.8) is 0 Å². The Labute approximate surface area is 92.3 Å². The Kier molecular flexibility index (Phi) is 2.82. The van der Waals surface area contributed by atoms with E-state index in [0.717, 1.165) is 21.6 Å². The van der Waals surface area contributed by atoms with E-state index in [1.165, 1.54) is 6.07 Å². The predicted molar refractivity (Wildman–Crippen MR) is 63.6 cm³/mol. The highest BCUT2D eigenvalue weighted by molar-refractivity contribution is 7.99. The van der Waals surface area contributed by atoms with Gasteiger partial charge in [0.25, 0.3) is 0 Å². The van der Waals surface area contributed by atoms with E-state index in [0.29, 0.717) is 5.58 Å². The molecule has 15 heavy (non-hydrogen) atoms. The SMILES string of the molecule is CCSc1ccc2c(C)cc(=O)oc2c1. The van der Waals surface area contributed by atoms with Gasteiger partial charge in [-0.25, -0.2) is 4.79 Å². The molecule has 1 aromatic heterocycles. The summed E-state index contributed by atoms with van der Waals surface area (Å²) in [5, 5.41) is 1.01. The second-order valence-electron chi connectivity index (χ2n) is 3.34. The van der Waals surface area contributed by atoms with Crippen molar-refractivity contribution in [1.29, 1.82) is 0 Å². The van der Waals surface area contributed by atoms with Crippen LogP contribution in [0.5, 0.6) is 0 Å². The van der Waals surface area contributed by atoms with E-state index in [2.05, 4.69) is 13.0 Å². The highest BCUT2D eigenvalue weighted by Gasteiger charge is 2.02. The van der Waals surface area contributed by atoms with Gasteiger partial charge in [0.1, 0.15) is 5.58 Å². The quantitative estimate of drug-likeness (QED) is 0.575. The second kappa shape index (κ2) is 4.11. The van der Waals surface area contributed by atoms with Gasteiger partial charge in [-0.15, -0.1) is 11.8 Å². The molecule has 2 rings (SSSR count). The maximum absolute atomic E-state index is 11.2. The Morgan fingerprint density at radius 1 is 1.33 bits per heavy atom. The van der Waals surface area contributed by atoms with Crippen LogP contribution >= 0.6 is 11.8 Å². The van der Waals surface area contributed by atoms with Crippen LogP contribution in [-0.2, 0) is 0 Å². The van der Waals surface area contributed by atoms with Crippen molar-refractivity contribution in [2.45, 2.75) is 18.7 Å². The van der Waals surface area contributed by atoms with Gasteiger partial charge in [-0.1, -0.05) is 6.92 Å². The number of hydrogen-bond acceptors (Lipinski definition) is 3. The lowest BCUT2D eigenvalue weighted by Crippen LogP contribution is -1.97. The average molecular weight is 220 g/mol. The lowest BCUT2D eigenvalue weighted by molar-refractivity contribution is 0.559. The maximum Gasteiger partial charge on any atom is 0.336 e. The summed E-state index contributed by atoms with van der Waals surface area (Å²) in [6.07, 6.45) is 0. The third-order valence-electron chi connectivity index (χ3n) is 2.23. The van der Waals surface area contributed by atoms with Gasteiger partial charge in [0, 0.05) is 16.3 Å². The molecule has 0 saturated heterocycles. The lowest BCUT2D eigenvalue weighted by Gasteiger charge is -2.02. The molecule has 0 atom stereocenters. The first-order valence-corrected chi connectivity index (χ1v) is 5.86. The molecule has 0 amide bonds. The molecule has 0 bridgehead atoms. The van der Waals surface area contributed by atoms with Crippen molar-refractivity contribution >= 4 is 22.7 Å². The van der Waals surface area contributed by atoms with E-state index in [1.54, 1.807) is 11.8 Å². The molecule has 0 aliphatic heterocycles. The fourth-order valence-corrected chi connectivity index (χ4v) is 2.25. The van der Waals surface area contributed by atoms with Crippen LogP contribution in [0, 0.1) is 6.92 Å². The van der Waals surface area contributed by atoms with E-state index < -0.39 is 0 Å². The Hall–Kier alpha value is -1.22. The molecule has 0 radical (unpaired) electrons. The van der Waals surface area contributed by atoms with Crippen LogP contribution in [0.25, 0.3) is 11.0 Å². The fraction of sp³-hybridized carbons (Fsp3) is 0.250. The zero-order chi connectivity index (χ0) is 10.8. The topological polar surface area (TPSA) is 30.2 Å². The summed E-state index contributed by atoms with van der Waals surface area (Å²) < 4.78 is 5.16. The van der Waals surface area contributed by atoms with Crippen molar-refractivity contribution in [1.82, 2.24) is 0 Å². The molecule has 0 unspecified atom stereocenters. The Balaban J connectivity index is 2.65. The number of benzene rings is 1. The number of thioether (sulfide) groups is 1. The van der Waals surface area contributed by atoms with Crippen molar-refractivity contribution in [3.8, 4) is 0 Å². The molecular formula is C12H12O2S. The summed E-state index contributed by atoms with van der Waals surface area (Å²) >= 11 is 1.74. The van der Waals surface area contributed by atoms with Crippen LogP contribution in [0.1, 0.15) is 12.5 Å². The van der Waals surface area contributed by atoms with Gasteiger partial charge >= 0.3 is 5.63 Å². The number of rotatable bonds is 2. The van der Waals surface area contributed by atoms with Gasteiger partial charge < -0.3 is 4.42 Å². The van der Waals surface area contributed by atoms with E-state index in [4.69, 9.17) is 4.42 Å².